The summed E-state index contributed by atoms with van der Waals surface area (Å²) in [5, 5.41) is 0. The number of methoxy groups -OCH3 is 1. The first-order valence-electron chi connectivity index (χ1n) is 6.94. The van der Waals surface area contributed by atoms with Gasteiger partial charge in [-0.2, -0.15) is 0 Å². The van der Waals surface area contributed by atoms with Gasteiger partial charge in [-0.05, 0) is 59.1 Å². The van der Waals surface area contributed by atoms with E-state index in [0.717, 1.165) is 34.5 Å². The van der Waals surface area contributed by atoms with Gasteiger partial charge >= 0.3 is 0 Å². The molecule has 2 aromatic heterocycles. The van der Waals surface area contributed by atoms with Crippen LogP contribution in [0.4, 0.5) is 0 Å². The highest BCUT2D eigenvalue weighted by Gasteiger charge is 2.10. The van der Waals surface area contributed by atoms with E-state index < -0.39 is 0 Å². The second kappa shape index (κ2) is 5.90. The van der Waals surface area contributed by atoms with Gasteiger partial charge in [-0.1, -0.05) is 18.2 Å². The Bertz CT molecular complexity index is 780. The molecule has 0 unspecified atom stereocenters. The maximum absolute atomic E-state index is 5.27. The van der Waals surface area contributed by atoms with Crippen LogP contribution in [0.3, 0.4) is 0 Å². The molecule has 0 bridgehead atoms. The fraction of sp³-hybridized carbons (Fsp3) is 0.235. The van der Waals surface area contributed by atoms with E-state index in [4.69, 9.17) is 4.74 Å². The van der Waals surface area contributed by atoms with Crippen LogP contribution >= 0.6 is 15.9 Å². The van der Waals surface area contributed by atoms with Gasteiger partial charge in [0.25, 0.3) is 0 Å². The Balaban J connectivity index is 1.88. The summed E-state index contributed by atoms with van der Waals surface area (Å²) in [5.41, 5.74) is 3.58. The van der Waals surface area contributed by atoms with E-state index in [2.05, 4.69) is 62.6 Å². The second-order valence-corrected chi connectivity index (χ2v) is 5.81. The van der Waals surface area contributed by atoms with Crippen molar-refractivity contribution in [2.45, 2.75) is 19.8 Å². The third-order valence-corrected chi connectivity index (χ3v) is 4.24. The highest BCUT2D eigenvalue weighted by molar-refractivity contribution is 9.10. The molecule has 3 aromatic rings. The number of hydrogen-bond donors (Lipinski definition) is 0. The minimum Gasteiger partial charge on any atom is -0.497 e. The van der Waals surface area contributed by atoms with Crippen LogP contribution in [0.15, 0.2) is 47.1 Å². The average Bonchev–Trinajstić information content (AvgIpc) is 2.83. The SMILES string of the molecule is COc1cccc(CCc2nc(Br)c3cccc(C)n23)c1. The number of imidazole rings is 1. The van der Waals surface area contributed by atoms with Crippen LogP contribution < -0.4 is 4.74 Å². The van der Waals surface area contributed by atoms with Crippen LogP contribution in [0.1, 0.15) is 17.1 Å². The predicted molar refractivity (Wildman–Crippen MR) is 88.0 cm³/mol. The molecule has 0 radical (unpaired) electrons. The van der Waals surface area contributed by atoms with Crippen molar-refractivity contribution in [1.29, 1.82) is 0 Å². The van der Waals surface area contributed by atoms with Crippen molar-refractivity contribution in [2.75, 3.05) is 7.11 Å². The van der Waals surface area contributed by atoms with Crippen molar-refractivity contribution in [3.63, 3.8) is 0 Å². The number of benzene rings is 1. The van der Waals surface area contributed by atoms with Gasteiger partial charge in [-0.25, -0.2) is 4.98 Å². The first kappa shape index (κ1) is 14.1. The number of ether oxygens (including phenoxy) is 1. The van der Waals surface area contributed by atoms with Gasteiger partial charge in [0, 0.05) is 12.1 Å². The molecule has 0 aliphatic heterocycles. The Morgan fingerprint density at radius 3 is 2.76 bits per heavy atom. The standard InChI is InChI=1S/C17H17BrN2O/c1-12-5-3-8-15-17(18)19-16(20(12)15)10-9-13-6-4-7-14(11-13)21-2/h3-8,11H,9-10H2,1-2H3. The van der Waals surface area contributed by atoms with Crippen molar-refractivity contribution in [1.82, 2.24) is 9.38 Å². The van der Waals surface area contributed by atoms with E-state index in [9.17, 15) is 0 Å². The Morgan fingerprint density at radius 1 is 1.14 bits per heavy atom. The zero-order chi connectivity index (χ0) is 14.8. The zero-order valence-corrected chi connectivity index (χ0v) is 13.7. The number of pyridine rings is 1. The number of aromatic nitrogens is 2. The molecule has 4 heteroatoms. The molecular weight excluding hydrogens is 328 g/mol. The summed E-state index contributed by atoms with van der Waals surface area (Å²) in [6.07, 6.45) is 1.84. The van der Waals surface area contributed by atoms with Crippen molar-refractivity contribution < 1.29 is 4.74 Å². The summed E-state index contributed by atoms with van der Waals surface area (Å²) in [7, 11) is 1.70. The van der Waals surface area contributed by atoms with Crippen LogP contribution in [-0.4, -0.2) is 16.5 Å². The summed E-state index contributed by atoms with van der Waals surface area (Å²) in [6, 6.07) is 14.4. The third kappa shape index (κ3) is 2.81. The van der Waals surface area contributed by atoms with Gasteiger partial charge < -0.3 is 4.74 Å². The quantitative estimate of drug-likeness (QED) is 0.709. The van der Waals surface area contributed by atoms with Crippen LogP contribution in [0.25, 0.3) is 5.52 Å². The number of rotatable bonds is 4. The van der Waals surface area contributed by atoms with Crippen LogP contribution in [0.5, 0.6) is 5.75 Å². The minimum atomic E-state index is 0.894. The number of nitrogens with zero attached hydrogens (tertiary/aromatic N) is 2. The topological polar surface area (TPSA) is 26.5 Å². The lowest BCUT2D eigenvalue weighted by Gasteiger charge is -2.06. The van der Waals surface area contributed by atoms with Crippen molar-refractivity contribution in [3.05, 3.63) is 64.1 Å². The van der Waals surface area contributed by atoms with E-state index in [1.54, 1.807) is 7.11 Å². The summed E-state index contributed by atoms with van der Waals surface area (Å²) >= 11 is 3.55. The van der Waals surface area contributed by atoms with Gasteiger partial charge in [-0.3, -0.25) is 4.40 Å². The number of halogens is 1. The molecule has 21 heavy (non-hydrogen) atoms. The van der Waals surface area contributed by atoms with Gasteiger partial charge in [0.2, 0.25) is 0 Å². The van der Waals surface area contributed by atoms with Gasteiger partial charge in [-0.15, -0.1) is 0 Å². The summed E-state index contributed by atoms with van der Waals surface area (Å²) in [4.78, 5) is 4.66. The number of fused-ring (bicyclic) bond motifs is 1. The van der Waals surface area contributed by atoms with E-state index in [-0.39, 0.29) is 0 Å². The monoisotopic (exact) mass is 344 g/mol. The molecular formula is C17H17BrN2O. The lowest BCUT2D eigenvalue weighted by atomic mass is 10.1. The molecule has 0 saturated carbocycles. The lowest BCUT2D eigenvalue weighted by molar-refractivity contribution is 0.414. The molecule has 0 atom stereocenters. The Hall–Kier alpha value is -1.81. The molecule has 2 heterocycles. The van der Waals surface area contributed by atoms with E-state index >= 15 is 0 Å². The van der Waals surface area contributed by atoms with Gasteiger partial charge in [0.05, 0.1) is 12.6 Å². The van der Waals surface area contributed by atoms with Crippen molar-refractivity contribution >= 4 is 21.4 Å². The number of hydrogen-bond acceptors (Lipinski definition) is 2. The molecule has 0 fully saturated rings. The zero-order valence-electron chi connectivity index (χ0n) is 12.1. The summed E-state index contributed by atoms with van der Waals surface area (Å²) < 4.78 is 8.39. The van der Waals surface area contributed by atoms with Gasteiger partial charge in [0.15, 0.2) is 0 Å². The Morgan fingerprint density at radius 2 is 1.95 bits per heavy atom. The maximum Gasteiger partial charge on any atom is 0.132 e. The van der Waals surface area contributed by atoms with E-state index in [0.29, 0.717) is 0 Å². The number of aryl methyl sites for hydroxylation is 3. The highest BCUT2D eigenvalue weighted by atomic mass is 79.9. The summed E-state index contributed by atoms with van der Waals surface area (Å²) in [6.45, 7) is 2.11. The van der Waals surface area contributed by atoms with E-state index in [1.807, 2.05) is 12.1 Å². The molecule has 0 spiro atoms. The fourth-order valence-electron chi connectivity index (χ4n) is 2.59. The lowest BCUT2D eigenvalue weighted by Crippen LogP contribution is -2.00. The normalized spacial score (nSPS) is 11.0. The average molecular weight is 345 g/mol. The molecule has 0 N–H and O–H groups in total. The largest absolute Gasteiger partial charge is 0.497 e. The molecule has 3 rings (SSSR count). The molecule has 0 saturated heterocycles. The van der Waals surface area contributed by atoms with Crippen molar-refractivity contribution in [2.24, 2.45) is 0 Å². The molecule has 0 aliphatic rings. The van der Waals surface area contributed by atoms with Crippen LogP contribution in [0, 0.1) is 6.92 Å². The first-order chi connectivity index (χ1) is 10.2. The van der Waals surface area contributed by atoms with Crippen molar-refractivity contribution in [3.8, 4) is 5.75 Å². The Labute approximate surface area is 132 Å². The third-order valence-electron chi connectivity index (χ3n) is 3.65. The van der Waals surface area contributed by atoms with Crippen LogP contribution in [0.2, 0.25) is 0 Å². The molecule has 0 amide bonds. The molecule has 0 aliphatic carbocycles. The second-order valence-electron chi connectivity index (χ2n) is 5.06. The highest BCUT2D eigenvalue weighted by Crippen LogP contribution is 2.22. The molecule has 1 aromatic carbocycles. The predicted octanol–water partition coefficient (Wildman–Crippen LogP) is 4.20. The molecule has 3 nitrogen and oxygen atoms in total. The van der Waals surface area contributed by atoms with Gasteiger partial charge in [0.1, 0.15) is 16.2 Å². The first-order valence-corrected chi connectivity index (χ1v) is 7.73. The smallest absolute Gasteiger partial charge is 0.132 e. The molecule has 108 valence electrons. The van der Waals surface area contributed by atoms with Crippen LogP contribution in [-0.2, 0) is 12.8 Å². The summed E-state index contributed by atoms with van der Waals surface area (Å²) in [5.74, 6) is 1.98. The van der Waals surface area contributed by atoms with E-state index in [1.165, 1.54) is 11.3 Å². The Kier molecular flexibility index (Phi) is 3.97. The minimum absolute atomic E-state index is 0.894. The fourth-order valence-corrected chi connectivity index (χ4v) is 3.11. The maximum atomic E-state index is 5.27.